The highest BCUT2D eigenvalue weighted by Crippen LogP contribution is 2.23. The summed E-state index contributed by atoms with van der Waals surface area (Å²) in [6.07, 6.45) is 2.21. The van der Waals surface area contributed by atoms with Gasteiger partial charge >= 0.3 is 0 Å². The van der Waals surface area contributed by atoms with Crippen LogP contribution in [0, 0.1) is 6.92 Å². The molecular formula is C27H39N3O5S. The van der Waals surface area contributed by atoms with E-state index >= 15 is 0 Å². The fourth-order valence-corrected chi connectivity index (χ4v) is 4.59. The van der Waals surface area contributed by atoms with Crippen LogP contribution in [0.15, 0.2) is 48.5 Å². The molecule has 1 N–H and O–H groups in total. The van der Waals surface area contributed by atoms with Crippen LogP contribution in [0.1, 0.15) is 51.7 Å². The maximum Gasteiger partial charge on any atom is 0.244 e. The Morgan fingerprint density at radius 3 is 2.08 bits per heavy atom. The van der Waals surface area contributed by atoms with Gasteiger partial charge in [-0.05, 0) is 63.4 Å². The van der Waals surface area contributed by atoms with Crippen LogP contribution < -0.4 is 14.4 Å². The summed E-state index contributed by atoms with van der Waals surface area (Å²) in [6.45, 7) is 9.81. The number of benzene rings is 2. The molecule has 36 heavy (non-hydrogen) atoms. The van der Waals surface area contributed by atoms with E-state index in [4.69, 9.17) is 4.74 Å². The number of nitrogens with one attached hydrogen (secondary N) is 1. The number of carbonyl (C=O) groups is 2. The van der Waals surface area contributed by atoms with E-state index in [9.17, 15) is 18.0 Å². The van der Waals surface area contributed by atoms with Crippen LogP contribution in [-0.2, 0) is 26.2 Å². The Morgan fingerprint density at radius 1 is 0.972 bits per heavy atom. The van der Waals surface area contributed by atoms with Crippen LogP contribution in [0.4, 0.5) is 5.69 Å². The Labute approximate surface area is 215 Å². The summed E-state index contributed by atoms with van der Waals surface area (Å²) in [5, 5.41) is 2.97. The van der Waals surface area contributed by atoms with Crippen LogP contribution in [0.5, 0.6) is 5.75 Å². The smallest absolute Gasteiger partial charge is 0.244 e. The van der Waals surface area contributed by atoms with Gasteiger partial charge in [0.05, 0.1) is 18.6 Å². The van der Waals surface area contributed by atoms with Crippen molar-refractivity contribution in [2.24, 2.45) is 0 Å². The third kappa shape index (κ3) is 8.26. The van der Waals surface area contributed by atoms with Crippen molar-refractivity contribution in [3.8, 4) is 5.75 Å². The molecule has 0 spiro atoms. The third-order valence-corrected chi connectivity index (χ3v) is 7.12. The van der Waals surface area contributed by atoms with Crippen molar-refractivity contribution in [2.45, 2.75) is 66.1 Å². The zero-order chi connectivity index (χ0) is 26.9. The van der Waals surface area contributed by atoms with E-state index < -0.39 is 28.5 Å². The molecule has 0 fully saturated rings. The van der Waals surface area contributed by atoms with Crippen molar-refractivity contribution in [1.29, 1.82) is 0 Å². The first-order valence-corrected chi connectivity index (χ1v) is 14.2. The molecule has 0 heterocycles. The number of sulfonamides is 1. The van der Waals surface area contributed by atoms with Crippen LogP contribution in [0.3, 0.4) is 0 Å². The molecule has 0 bridgehead atoms. The number of amides is 2. The molecule has 2 aromatic carbocycles. The first-order valence-electron chi connectivity index (χ1n) is 12.4. The number of anilines is 1. The third-order valence-electron chi connectivity index (χ3n) is 5.98. The molecule has 8 nitrogen and oxygen atoms in total. The monoisotopic (exact) mass is 517 g/mol. The number of hydrogen-bond donors (Lipinski definition) is 1. The molecule has 2 atom stereocenters. The molecule has 0 aliphatic carbocycles. The molecule has 0 saturated heterocycles. The topological polar surface area (TPSA) is 96.0 Å². The Bertz CT molecular complexity index is 1100. The lowest BCUT2D eigenvalue weighted by Crippen LogP contribution is -2.53. The van der Waals surface area contributed by atoms with E-state index in [1.54, 1.807) is 24.3 Å². The van der Waals surface area contributed by atoms with Crippen LogP contribution in [0.25, 0.3) is 0 Å². The van der Waals surface area contributed by atoms with Crippen molar-refractivity contribution < 1.29 is 22.7 Å². The second kappa shape index (κ2) is 13.3. The SMILES string of the molecule is CCOc1ccc(N(CC(=O)N(Cc2ccc(C)cc2)[C@@H](CC)C(=O)N[C@@H](C)CC)S(C)(=O)=O)cc1. The number of nitrogens with zero attached hydrogens (tertiary/aromatic N) is 2. The minimum absolute atomic E-state index is 0.0424. The average molecular weight is 518 g/mol. The zero-order valence-corrected chi connectivity index (χ0v) is 23.0. The molecule has 2 aromatic rings. The summed E-state index contributed by atoms with van der Waals surface area (Å²) in [6, 6.07) is 13.5. The van der Waals surface area contributed by atoms with Gasteiger partial charge in [-0.2, -0.15) is 0 Å². The standard InChI is InChI=1S/C27H39N3O5S/c1-7-21(5)28-27(32)25(8-2)29(18-22-12-10-20(4)11-13-22)26(31)19-30(36(6,33)34)23-14-16-24(17-15-23)35-9-3/h10-17,21,25H,7-9,18-19H2,1-6H3,(H,28,32)/t21-,25-/m0/s1. The minimum atomic E-state index is -3.78. The molecule has 0 aromatic heterocycles. The molecule has 2 rings (SSSR count). The summed E-state index contributed by atoms with van der Waals surface area (Å²) in [5.41, 5.74) is 2.29. The quantitative estimate of drug-likeness (QED) is 0.435. The van der Waals surface area contributed by atoms with E-state index in [1.165, 1.54) is 4.90 Å². The van der Waals surface area contributed by atoms with Gasteiger partial charge in [0.15, 0.2) is 0 Å². The van der Waals surface area contributed by atoms with Crippen molar-refractivity contribution in [2.75, 3.05) is 23.7 Å². The maximum atomic E-state index is 13.7. The lowest BCUT2D eigenvalue weighted by atomic mass is 10.1. The van der Waals surface area contributed by atoms with E-state index in [0.717, 1.165) is 28.1 Å². The van der Waals surface area contributed by atoms with Gasteiger partial charge in [-0.15, -0.1) is 0 Å². The van der Waals surface area contributed by atoms with E-state index in [0.29, 0.717) is 24.5 Å². The van der Waals surface area contributed by atoms with Crippen LogP contribution >= 0.6 is 0 Å². The Balaban J connectivity index is 2.41. The number of aryl methyl sites for hydroxylation is 1. The molecule has 0 unspecified atom stereocenters. The summed E-state index contributed by atoms with van der Waals surface area (Å²) in [5.74, 6) is -0.102. The highest BCUT2D eigenvalue weighted by molar-refractivity contribution is 7.92. The Hall–Kier alpha value is -3.07. The van der Waals surface area contributed by atoms with Gasteiger partial charge in [0.1, 0.15) is 18.3 Å². The fourth-order valence-electron chi connectivity index (χ4n) is 3.74. The van der Waals surface area contributed by atoms with Crippen LogP contribution in [0.2, 0.25) is 0 Å². The summed E-state index contributed by atoms with van der Waals surface area (Å²) in [7, 11) is -3.78. The molecule has 9 heteroatoms. The first kappa shape index (κ1) is 29.2. The number of carbonyl (C=O) groups excluding carboxylic acids is 2. The largest absolute Gasteiger partial charge is 0.494 e. The summed E-state index contributed by atoms with van der Waals surface area (Å²) < 4.78 is 31.9. The van der Waals surface area contributed by atoms with Gasteiger partial charge in [-0.25, -0.2) is 8.42 Å². The van der Waals surface area contributed by atoms with E-state index in [-0.39, 0.29) is 18.5 Å². The molecular weight excluding hydrogens is 478 g/mol. The predicted octanol–water partition coefficient (Wildman–Crippen LogP) is 3.88. The van der Waals surface area contributed by atoms with Crippen molar-refractivity contribution in [3.05, 3.63) is 59.7 Å². The summed E-state index contributed by atoms with van der Waals surface area (Å²) >= 11 is 0. The Morgan fingerprint density at radius 2 is 1.58 bits per heavy atom. The molecule has 0 saturated carbocycles. The van der Waals surface area contributed by atoms with E-state index in [1.807, 2.05) is 58.9 Å². The van der Waals surface area contributed by atoms with Gasteiger partial charge in [0, 0.05) is 12.6 Å². The number of hydrogen-bond acceptors (Lipinski definition) is 5. The zero-order valence-electron chi connectivity index (χ0n) is 22.2. The minimum Gasteiger partial charge on any atom is -0.494 e. The molecule has 0 aliphatic heterocycles. The van der Waals surface area contributed by atoms with Crippen molar-refractivity contribution in [3.63, 3.8) is 0 Å². The second-order valence-electron chi connectivity index (χ2n) is 8.95. The van der Waals surface area contributed by atoms with Crippen molar-refractivity contribution in [1.82, 2.24) is 10.2 Å². The average Bonchev–Trinajstić information content (AvgIpc) is 2.83. The van der Waals surface area contributed by atoms with Gasteiger partial charge < -0.3 is 15.0 Å². The highest BCUT2D eigenvalue weighted by atomic mass is 32.2. The lowest BCUT2D eigenvalue weighted by Gasteiger charge is -2.33. The molecule has 2 amide bonds. The number of ether oxygens (including phenoxy) is 1. The highest BCUT2D eigenvalue weighted by Gasteiger charge is 2.32. The number of rotatable bonds is 13. The first-order chi connectivity index (χ1) is 17.0. The summed E-state index contributed by atoms with van der Waals surface area (Å²) in [4.78, 5) is 28.3. The van der Waals surface area contributed by atoms with Crippen LogP contribution in [-0.4, -0.2) is 56.6 Å². The Kier molecular flexibility index (Phi) is 10.8. The maximum absolute atomic E-state index is 13.7. The van der Waals surface area contributed by atoms with E-state index in [2.05, 4.69) is 5.32 Å². The molecule has 198 valence electrons. The second-order valence-corrected chi connectivity index (χ2v) is 10.9. The van der Waals surface area contributed by atoms with Gasteiger partial charge in [-0.3, -0.25) is 13.9 Å². The lowest BCUT2D eigenvalue weighted by molar-refractivity contribution is -0.140. The van der Waals surface area contributed by atoms with Crippen molar-refractivity contribution >= 4 is 27.5 Å². The fraction of sp³-hybridized carbons (Fsp3) is 0.481. The molecule has 0 aliphatic rings. The van der Waals surface area contributed by atoms with Gasteiger partial charge in [0.2, 0.25) is 21.8 Å². The van der Waals surface area contributed by atoms with Gasteiger partial charge in [0.25, 0.3) is 0 Å². The molecule has 0 radical (unpaired) electrons. The predicted molar refractivity (Wildman–Crippen MR) is 144 cm³/mol. The normalized spacial score (nSPS) is 12.9. The van der Waals surface area contributed by atoms with Gasteiger partial charge in [-0.1, -0.05) is 43.7 Å².